The van der Waals surface area contributed by atoms with Crippen LogP contribution in [0, 0.1) is 17.2 Å². The SMILES string of the molecule is CN(CCCC(C#N)(c1ccc(Cl)c(Cl)c1)C1CCCC1)Cc1ccccc1. The molecule has 2 aromatic rings. The second kappa shape index (κ2) is 9.79. The maximum Gasteiger partial charge on any atom is 0.0851 e. The summed E-state index contributed by atoms with van der Waals surface area (Å²) in [5.74, 6) is 0.397. The quantitative estimate of drug-likeness (QED) is 0.471. The van der Waals surface area contributed by atoms with Crippen molar-refractivity contribution in [2.45, 2.75) is 50.5 Å². The van der Waals surface area contributed by atoms with Crippen molar-refractivity contribution in [3.63, 3.8) is 0 Å². The Morgan fingerprint density at radius 1 is 1.07 bits per heavy atom. The first-order valence-electron chi connectivity index (χ1n) is 10.1. The lowest BCUT2D eigenvalue weighted by molar-refractivity contribution is 0.272. The normalized spacial score (nSPS) is 16.8. The van der Waals surface area contributed by atoms with E-state index in [4.69, 9.17) is 23.2 Å². The van der Waals surface area contributed by atoms with Gasteiger partial charge in [0, 0.05) is 6.54 Å². The molecule has 0 heterocycles. The number of hydrogen-bond donors (Lipinski definition) is 0. The third-order valence-electron chi connectivity index (χ3n) is 6.09. The molecule has 0 N–H and O–H groups in total. The van der Waals surface area contributed by atoms with Gasteiger partial charge >= 0.3 is 0 Å². The first-order chi connectivity index (χ1) is 13.5. The first kappa shape index (κ1) is 21.2. The van der Waals surface area contributed by atoms with E-state index in [0.29, 0.717) is 16.0 Å². The van der Waals surface area contributed by atoms with Gasteiger partial charge in [-0.2, -0.15) is 5.26 Å². The molecule has 1 atom stereocenters. The highest BCUT2D eigenvalue weighted by Gasteiger charge is 2.41. The van der Waals surface area contributed by atoms with Crippen molar-refractivity contribution in [1.29, 1.82) is 5.26 Å². The maximum absolute atomic E-state index is 10.3. The molecule has 0 bridgehead atoms. The monoisotopic (exact) mass is 414 g/mol. The summed E-state index contributed by atoms with van der Waals surface area (Å²) in [5, 5.41) is 11.4. The number of rotatable bonds is 8. The summed E-state index contributed by atoms with van der Waals surface area (Å²) in [6.45, 7) is 1.89. The number of hydrogen-bond acceptors (Lipinski definition) is 2. The van der Waals surface area contributed by atoms with E-state index in [-0.39, 0.29) is 0 Å². The average molecular weight is 415 g/mol. The van der Waals surface area contributed by atoms with Gasteiger partial charge in [0.05, 0.1) is 21.5 Å². The Morgan fingerprint density at radius 2 is 1.79 bits per heavy atom. The van der Waals surface area contributed by atoms with Crippen LogP contribution in [-0.2, 0) is 12.0 Å². The van der Waals surface area contributed by atoms with Crippen LogP contribution in [0.25, 0.3) is 0 Å². The molecule has 1 saturated carbocycles. The summed E-state index contributed by atoms with van der Waals surface area (Å²) in [6.07, 6.45) is 6.49. The molecule has 1 aliphatic carbocycles. The van der Waals surface area contributed by atoms with Gasteiger partial charge < -0.3 is 4.90 Å². The van der Waals surface area contributed by atoms with Gasteiger partial charge in [-0.3, -0.25) is 0 Å². The van der Waals surface area contributed by atoms with Crippen LogP contribution < -0.4 is 0 Å². The van der Waals surface area contributed by atoms with Crippen LogP contribution in [0.3, 0.4) is 0 Å². The molecule has 1 aliphatic rings. The lowest BCUT2D eigenvalue weighted by atomic mass is 9.67. The lowest BCUT2D eigenvalue weighted by Gasteiger charge is -2.34. The van der Waals surface area contributed by atoms with Crippen molar-refractivity contribution < 1.29 is 0 Å². The highest BCUT2D eigenvalue weighted by molar-refractivity contribution is 6.42. The molecule has 0 spiro atoms. The zero-order chi connectivity index (χ0) is 20.0. The average Bonchev–Trinajstić information content (AvgIpc) is 3.24. The highest BCUT2D eigenvalue weighted by Crippen LogP contribution is 2.46. The van der Waals surface area contributed by atoms with Crippen molar-refractivity contribution >= 4 is 23.2 Å². The summed E-state index contributed by atoms with van der Waals surface area (Å²) in [7, 11) is 2.15. The van der Waals surface area contributed by atoms with Crippen molar-refractivity contribution in [3.8, 4) is 6.07 Å². The molecule has 3 rings (SSSR count). The molecule has 148 valence electrons. The largest absolute Gasteiger partial charge is 0.302 e. The molecular weight excluding hydrogens is 387 g/mol. The topological polar surface area (TPSA) is 27.0 Å². The summed E-state index contributed by atoms with van der Waals surface area (Å²) in [6, 6.07) is 19.0. The smallest absolute Gasteiger partial charge is 0.0851 e. The molecular formula is C24H28Cl2N2. The van der Waals surface area contributed by atoms with Crippen LogP contribution in [0.5, 0.6) is 0 Å². The van der Waals surface area contributed by atoms with Gasteiger partial charge in [0.2, 0.25) is 0 Å². The first-order valence-corrected chi connectivity index (χ1v) is 10.9. The molecule has 1 unspecified atom stereocenters. The zero-order valence-corrected chi connectivity index (χ0v) is 18.0. The van der Waals surface area contributed by atoms with E-state index in [9.17, 15) is 5.26 Å². The summed E-state index contributed by atoms with van der Waals surface area (Å²) in [5.41, 5.74) is 1.87. The Kier molecular flexibility index (Phi) is 7.41. The Balaban J connectivity index is 1.72. The standard InChI is InChI=1S/C24H28Cl2N2/c1-28(17-19-8-3-2-4-9-19)15-7-14-24(18-27,20-10-5-6-11-20)21-12-13-22(25)23(26)16-21/h2-4,8-9,12-13,16,20H,5-7,10-11,14-15,17H2,1H3. The predicted octanol–water partition coefficient (Wildman–Crippen LogP) is 6.86. The molecule has 0 amide bonds. The van der Waals surface area contributed by atoms with Gasteiger partial charge in [0.25, 0.3) is 0 Å². The van der Waals surface area contributed by atoms with E-state index < -0.39 is 5.41 Å². The van der Waals surface area contributed by atoms with Gasteiger partial charge in [0.15, 0.2) is 0 Å². The molecule has 2 aromatic carbocycles. The van der Waals surface area contributed by atoms with E-state index in [1.165, 1.54) is 18.4 Å². The molecule has 1 fully saturated rings. The van der Waals surface area contributed by atoms with Gasteiger partial charge in [-0.25, -0.2) is 0 Å². The fourth-order valence-corrected chi connectivity index (χ4v) is 4.89. The van der Waals surface area contributed by atoms with Crippen LogP contribution in [0.2, 0.25) is 10.0 Å². The Bertz CT molecular complexity index is 809. The third kappa shape index (κ3) is 4.90. The Labute approximate surface area is 179 Å². The third-order valence-corrected chi connectivity index (χ3v) is 6.83. The summed E-state index contributed by atoms with van der Waals surface area (Å²) >= 11 is 12.4. The maximum atomic E-state index is 10.3. The summed E-state index contributed by atoms with van der Waals surface area (Å²) in [4.78, 5) is 2.33. The fraction of sp³-hybridized carbons (Fsp3) is 0.458. The van der Waals surface area contributed by atoms with Crippen LogP contribution in [0.1, 0.15) is 49.7 Å². The fourth-order valence-electron chi connectivity index (χ4n) is 4.59. The van der Waals surface area contributed by atoms with Gasteiger partial charge in [0.1, 0.15) is 0 Å². The van der Waals surface area contributed by atoms with Crippen molar-refractivity contribution in [2.24, 2.45) is 5.92 Å². The Hall–Kier alpha value is -1.53. The number of benzene rings is 2. The molecule has 0 saturated heterocycles. The Morgan fingerprint density at radius 3 is 2.43 bits per heavy atom. The van der Waals surface area contributed by atoms with E-state index in [1.54, 1.807) is 0 Å². The van der Waals surface area contributed by atoms with Gasteiger partial charge in [-0.05, 0) is 68.5 Å². The molecule has 4 heteroatoms. The van der Waals surface area contributed by atoms with Crippen molar-refractivity contribution in [1.82, 2.24) is 4.90 Å². The van der Waals surface area contributed by atoms with E-state index in [0.717, 1.165) is 44.3 Å². The minimum Gasteiger partial charge on any atom is -0.302 e. The molecule has 0 radical (unpaired) electrons. The van der Waals surface area contributed by atoms with Crippen LogP contribution in [0.15, 0.2) is 48.5 Å². The van der Waals surface area contributed by atoms with Crippen molar-refractivity contribution in [3.05, 3.63) is 69.7 Å². The molecule has 2 nitrogen and oxygen atoms in total. The highest BCUT2D eigenvalue weighted by atomic mass is 35.5. The molecule has 0 aromatic heterocycles. The minimum absolute atomic E-state index is 0.397. The number of halogens is 2. The van der Waals surface area contributed by atoms with Gasteiger partial charge in [-0.1, -0.05) is 72.4 Å². The minimum atomic E-state index is -0.474. The van der Waals surface area contributed by atoms with Crippen LogP contribution in [0.4, 0.5) is 0 Å². The summed E-state index contributed by atoms with van der Waals surface area (Å²) < 4.78 is 0. The molecule has 28 heavy (non-hydrogen) atoms. The number of nitriles is 1. The number of nitrogens with zero attached hydrogens (tertiary/aromatic N) is 2. The van der Waals surface area contributed by atoms with Crippen LogP contribution in [-0.4, -0.2) is 18.5 Å². The second-order valence-corrected chi connectivity index (χ2v) is 8.83. The van der Waals surface area contributed by atoms with E-state index >= 15 is 0 Å². The zero-order valence-electron chi connectivity index (χ0n) is 16.5. The molecule has 0 aliphatic heterocycles. The second-order valence-electron chi connectivity index (χ2n) is 8.02. The van der Waals surface area contributed by atoms with Crippen molar-refractivity contribution in [2.75, 3.05) is 13.6 Å². The predicted molar refractivity (Wildman–Crippen MR) is 118 cm³/mol. The lowest BCUT2D eigenvalue weighted by Crippen LogP contribution is -2.34. The van der Waals surface area contributed by atoms with E-state index in [2.05, 4.69) is 42.3 Å². The van der Waals surface area contributed by atoms with Gasteiger partial charge in [-0.15, -0.1) is 0 Å². The van der Waals surface area contributed by atoms with Crippen LogP contribution >= 0.6 is 23.2 Å². The van der Waals surface area contributed by atoms with E-state index in [1.807, 2.05) is 24.3 Å².